The Labute approximate surface area is 602 Å². The van der Waals surface area contributed by atoms with E-state index < -0.39 is 150 Å². The molecule has 5 aliphatic heterocycles. The lowest BCUT2D eigenvalue weighted by Crippen LogP contribution is -2.67. The predicted molar refractivity (Wildman–Crippen MR) is 383 cm³/mol. The van der Waals surface area contributed by atoms with Crippen molar-refractivity contribution in [1.29, 1.82) is 0 Å². The normalized spacial score (nSPS) is 26.0. The number of amides is 6. The maximum atomic E-state index is 15.3. The number of rotatable bonds is 23. The number of aromatic hydroxyl groups is 1. The minimum absolute atomic E-state index is 0.00821. The van der Waals surface area contributed by atoms with Gasteiger partial charge in [-0.1, -0.05) is 90.4 Å². The van der Waals surface area contributed by atoms with Gasteiger partial charge in [-0.05, 0) is 54.9 Å². The molecular weight excluding hydrogens is 1360 g/mol. The van der Waals surface area contributed by atoms with Crippen molar-refractivity contribution in [3.8, 4) is 5.75 Å². The largest absolute Gasteiger partial charge is 0.506 e. The van der Waals surface area contributed by atoms with Crippen LogP contribution in [0.1, 0.15) is 102 Å². The number of phenolic OH excluding ortho intramolecular Hbond substituents is 1. The molecule has 2 aromatic carbocycles. The van der Waals surface area contributed by atoms with E-state index in [2.05, 4.69) is 68.5 Å². The van der Waals surface area contributed by atoms with E-state index in [4.69, 9.17) is 17.3 Å². The predicted octanol–water partition coefficient (Wildman–Crippen LogP) is -0.394. The minimum atomic E-state index is -1.69. The fourth-order valence-electron chi connectivity index (χ4n) is 13.0. The number of aliphatic carboxylic acids is 1. The number of halogens is 1. The van der Waals surface area contributed by atoms with Gasteiger partial charge in [0, 0.05) is 172 Å². The summed E-state index contributed by atoms with van der Waals surface area (Å²) in [5.41, 5.74) is 7.04. The molecule has 32 heteroatoms. The van der Waals surface area contributed by atoms with E-state index in [0.29, 0.717) is 95.4 Å². The smallest absolute Gasteiger partial charge is 0.305 e. The number of carboxylic acid groups (broad SMARTS) is 1. The molecule has 6 heterocycles. The molecule has 5 fully saturated rings. The third-order valence-corrected chi connectivity index (χ3v) is 21.2. The van der Waals surface area contributed by atoms with E-state index >= 15 is 9.59 Å². The fraction of sp³-hybridized carbons (Fsp3) is 0.623. The van der Waals surface area contributed by atoms with Gasteiger partial charge in [-0.25, -0.2) is 4.98 Å². The first-order valence-corrected chi connectivity index (χ1v) is 37.8. The lowest BCUT2D eigenvalue weighted by Gasteiger charge is -2.37. The molecule has 0 aliphatic carbocycles. The SMILES string of the molecule is CCC(=O)[C@@H]1CSSC[C@H](NC(=O)[C@@H](CC(=O)[C@H](Cc2ccccc2)NC(=O)CCCC(=O)NC23CNCCNCC(N)(CNCCNC2)CNCCNC3)Cc2cnc[nH]2)C(=O)N2C[C@H](O)C[C@H]2C(=O)C[C@@H](Cc2ccc(O)c(Cl)c2)C(=O)N[C@@H](CC(=O)O)C(=O)C[C@@H](CC(C)C)C(=O)N1. The molecular formula is C69H102ClN15O14S2. The van der Waals surface area contributed by atoms with Crippen LogP contribution in [-0.4, -0.2) is 239 Å². The van der Waals surface area contributed by atoms with Crippen LogP contribution in [0.3, 0.4) is 0 Å². The van der Waals surface area contributed by atoms with Gasteiger partial charge in [0.25, 0.3) is 0 Å². The number of aliphatic hydroxyl groups is 1. The topological polar surface area (TPSA) is 439 Å². The summed E-state index contributed by atoms with van der Waals surface area (Å²) >= 11 is 6.29. The molecule has 8 rings (SSSR count). The number of carbonyl (C=O) groups excluding carboxylic acids is 10. The van der Waals surface area contributed by atoms with Crippen molar-refractivity contribution in [3.05, 3.63) is 82.9 Å². The van der Waals surface area contributed by atoms with Crippen LogP contribution in [-0.2, 0) is 72.0 Å². The number of imidazole rings is 1. The van der Waals surface area contributed by atoms with Crippen molar-refractivity contribution < 1.29 is 68.1 Å². The molecule has 101 heavy (non-hydrogen) atoms. The second kappa shape index (κ2) is 40.8. The Hall–Kier alpha value is -6.91. The van der Waals surface area contributed by atoms with E-state index in [-0.39, 0.29) is 97.7 Å². The Morgan fingerprint density at radius 1 is 0.772 bits per heavy atom. The fourth-order valence-corrected chi connectivity index (χ4v) is 15.6. The number of nitrogens with one attached hydrogen (secondary N) is 12. The van der Waals surface area contributed by atoms with Gasteiger partial charge in [-0.2, -0.15) is 0 Å². The molecule has 0 spiro atoms. The summed E-state index contributed by atoms with van der Waals surface area (Å²) in [6.45, 7) is 11.8. The zero-order valence-electron chi connectivity index (χ0n) is 57.8. The van der Waals surface area contributed by atoms with Crippen molar-refractivity contribution in [1.82, 2.24) is 73.4 Å². The summed E-state index contributed by atoms with van der Waals surface area (Å²) < 4.78 is 0. The lowest BCUT2D eigenvalue weighted by atomic mass is 9.87. The number of nitrogens with two attached hydrogens (primary N) is 1. The molecule has 1 aromatic heterocycles. The highest BCUT2D eigenvalue weighted by Gasteiger charge is 2.44. The van der Waals surface area contributed by atoms with E-state index in [9.17, 15) is 58.5 Å². The summed E-state index contributed by atoms with van der Waals surface area (Å²) in [6.07, 6.45) is -1.41. The number of aliphatic hydroxyl groups excluding tert-OH is 1. The summed E-state index contributed by atoms with van der Waals surface area (Å²) in [7, 11) is 2.15. The second-order valence-electron chi connectivity index (χ2n) is 27.5. The van der Waals surface area contributed by atoms with Crippen molar-refractivity contribution in [2.24, 2.45) is 29.4 Å². The van der Waals surface area contributed by atoms with Crippen LogP contribution >= 0.6 is 33.2 Å². The highest BCUT2D eigenvalue weighted by molar-refractivity contribution is 8.76. The van der Waals surface area contributed by atoms with Gasteiger partial charge < -0.3 is 89.4 Å². The minimum Gasteiger partial charge on any atom is -0.506 e. The summed E-state index contributed by atoms with van der Waals surface area (Å²) in [4.78, 5) is 166. The van der Waals surface area contributed by atoms with Crippen LogP contribution in [0.2, 0.25) is 5.02 Å². The summed E-state index contributed by atoms with van der Waals surface area (Å²) in [5, 5.41) is 66.8. The number of carboxylic acids is 1. The van der Waals surface area contributed by atoms with Crippen LogP contribution in [0.4, 0.5) is 0 Å². The van der Waals surface area contributed by atoms with Gasteiger partial charge >= 0.3 is 5.97 Å². The first kappa shape index (κ1) is 81.4. The first-order chi connectivity index (χ1) is 48.3. The first-order valence-electron chi connectivity index (χ1n) is 34.9. The van der Waals surface area contributed by atoms with Crippen LogP contribution in [0.25, 0.3) is 0 Å². The molecule has 5 aliphatic rings. The molecule has 0 radical (unpaired) electrons. The van der Waals surface area contributed by atoms with E-state index in [1.807, 2.05) is 13.8 Å². The Balaban J connectivity index is 1.13. The molecule has 17 N–H and O–H groups in total. The van der Waals surface area contributed by atoms with Crippen LogP contribution < -0.4 is 64.2 Å². The van der Waals surface area contributed by atoms with Crippen LogP contribution in [0.5, 0.6) is 5.75 Å². The number of benzene rings is 2. The number of ketones is 4. The van der Waals surface area contributed by atoms with Crippen LogP contribution in [0.15, 0.2) is 61.1 Å². The number of aromatic amines is 1. The van der Waals surface area contributed by atoms with Gasteiger partial charge in [0.15, 0.2) is 23.1 Å². The Bertz CT molecular complexity index is 3240. The Morgan fingerprint density at radius 3 is 1.99 bits per heavy atom. The quantitative estimate of drug-likeness (QED) is 0.0537. The third-order valence-electron chi connectivity index (χ3n) is 18.4. The van der Waals surface area contributed by atoms with Gasteiger partial charge in [-0.3, -0.25) is 52.7 Å². The number of fused-ring (bicyclic) bond motifs is 16. The molecule has 29 nitrogen and oxygen atoms in total. The van der Waals surface area contributed by atoms with E-state index in [0.717, 1.165) is 26.5 Å². The standard InChI is InChI=1S/C69H102ClN15O14S2/c1-4-56(87)53-33-100-101-34-54(67(99)85-32-49(86)29-55(85)60(91)28-46(22-44-13-14-57(88)50(70)23-44)65(97)81-52(30-63(94)95)59(90)26-45(21-42(2)3)64(96)82-53)83-66(98)47(25-48-31-78-41-79-48)27-58(89)51(24-43-9-6-5-7-10-43)80-61(92)11-8-12-62(93)84-69-38-75-18-15-72-35-68(71,36-73-16-19-76-39-69)37-74-17-20-77-40-69/h5-7,9-10,13-14,23,31,41-42,45-47,49,51-55,72-77,86,88H,4,8,11-12,15-22,24-30,32-40,71H2,1-3H3,(H,78,79)(H,80,92)(H,81,97)(H,82,96)(H,83,98)(H,84,93)(H,94,95)/t45-,46-,47-,49-,51+,52+,53+,54+,55+,68?,69?/m1/s1. The second-order valence-corrected chi connectivity index (χ2v) is 30.4. The monoisotopic (exact) mass is 1460 g/mol. The van der Waals surface area contributed by atoms with Crippen LogP contribution in [0, 0.1) is 23.7 Å². The number of Topliss-reactive ketones (excluding diaryl/α,β-unsaturated/α-hetero) is 4. The molecule has 5 saturated heterocycles. The molecule has 3 aromatic rings. The zero-order valence-corrected chi connectivity index (χ0v) is 60.2. The molecule has 9 atom stereocenters. The lowest BCUT2D eigenvalue weighted by molar-refractivity contribution is -0.142. The number of H-pyrrole nitrogens is 1. The average Bonchev–Trinajstić information content (AvgIpc) is 1.68. The third kappa shape index (κ3) is 26.7. The maximum Gasteiger partial charge on any atom is 0.305 e. The number of hydrogen-bond acceptors (Lipinski definition) is 23. The van der Waals surface area contributed by atoms with Crippen molar-refractivity contribution in [2.45, 2.75) is 152 Å². The molecule has 556 valence electrons. The van der Waals surface area contributed by atoms with Gasteiger partial charge in [0.2, 0.25) is 35.4 Å². The maximum absolute atomic E-state index is 15.3. The molecule has 2 bridgehead atoms. The molecule has 6 amide bonds. The number of aromatic nitrogens is 2. The number of carbonyl (C=O) groups is 11. The zero-order chi connectivity index (χ0) is 73.1. The van der Waals surface area contributed by atoms with Crippen molar-refractivity contribution in [3.63, 3.8) is 0 Å². The van der Waals surface area contributed by atoms with Crippen molar-refractivity contribution >= 4 is 97.7 Å². The highest BCUT2D eigenvalue weighted by Crippen LogP contribution is 2.31. The van der Waals surface area contributed by atoms with Gasteiger partial charge in [0.1, 0.15) is 11.8 Å². The number of phenols is 1. The van der Waals surface area contributed by atoms with E-state index in [1.54, 1.807) is 37.3 Å². The summed E-state index contributed by atoms with van der Waals surface area (Å²) in [6, 6.07) is 6.18. The Kier molecular flexibility index (Phi) is 32.9. The summed E-state index contributed by atoms with van der Waals surface area (Å²) in [5.74, 6) is -12.3. The van der Waals surface area contributed by atoms with Gasteiger partial charge in [-0.15, -0.1) is 0 Å². The Morgan fingerprint density at radius 2 is 1.39 bits per heavy atom. The number of hydrogen-bond donors (Lipinski definition) is 16. The molecule has 0 saturated carbocycles. The van der Waals surface area contributed by atoms with Gasteiger partial charge in [0.05, 0.1) is 65.0 Å². The molecule has 0 unspecified atom stereocenters. The average molecular weight is 1470 g/mol. The van der Waals surface area contributed by atoms with E-state index in [1.165, 1.54) is 30.7 Å². The number of nitrogens with zero attached hydrogens (tertiary/aromatic N) is 2. The van der Waals surface area contributed by atoms with Crippen molar-refractivity contribution in [2.75, 3.05) is 96.6 Å². The highest BCUT2D eigenvalue weighted by atomic mass is 35.5.